The normalized spacial score (nSPS) is 10.7. The molecular weight excluding hydrogens is 258 g/mol. The summed E-state index contributed by atoms with van der Waals surface area (Å²) in [4.78, 5) is 21.6. The van der Waals surface area contributed by atoms with E-state index in [0.29, 0.717) is 0 Å². The first-order chi connectivity index (χ1) is 8.95. The van der Waals surface area contributed by atoms with Gasteiger partial charge in [-0.1, -0.05) is 12.2 Å². The summed E-state index contributed by atoms with van der Waals surface area (Å²) in [6, 6.07) is 1.77. The van der Waals surface area contributed by atoms with Gasteiger partial charge in [-0.25, -0.2) is 13.6 Å². The van der Waals surface area contributed by atoms with Crippen LogP contribution >= 0.6 is 0 Å². The molecule has 0 saturated heterocycles. The molecule has 0 amide bonds. The van der Waals surface area contributed by atoms with Crippen molar-refractivity contribution in [2.75, 3.05) is 6.61 Å². The van der Waals surface area contributed by atoms with Crippen molar-refractivity contribution in [1.82, 2.24) is 0 Å². The summed E-state index contributed by atoms with van der Waals surface area (Å²) < 4.78 is 31.3. The van der Waals surface area contributed by atoms with Crippen LogP contribution in [0.5, 0.6) is 0 Å². The Bertz CT molecular complexity index is 500. The van der Waals surface area contributed by atoms with Crippen molar-refractivity contribution in [1.29, 1.82) is 0 Å². The third-order valence-corrected chi connectivity index (χ3v) is 2.18. The van der Waals surface area contributed by atoms with E-state index in [9.17, 15) is 18.4 Å². The summed E-state index contributed by atoms with van der Waals surface area (Å²) in [6.45, 7) is 1.92. The Labute approximate surface area is 108 Å². The monoisotopic (exact) mass is 270 g/mol. The van der Waals surface area contributed by atoms with Crippen LogP contribution in [-0.4, -0.2) is 23.7 Å². The van der Waals surface area contributed by atoms with E-state index < -0.39 is 29.1 Å². The predicted octanol–water partition coefficient (Wildman–Crippen LogP) is 2.63. The summed E-state index contributed by atoms with van der Waals surface area (Å²) in [6.07, 6.45) is 2.67. The highest BCUT2D eigenvalue weighted by Gasteiger charge is 2.16. The smallest absolute Gasteiger partial charge is 0.341 e. The maximum absolute atomic E-state index is 13.3. The van der Waals surface area contributed by atoms with Gasteiger partial charge in [-0.2, -0.15) is 0 Å². The van der Waals surface area contributed by atoms with Gasteiger partial charge in [0.05, 0.1) is 13.0 Å². The SMILES string of the molecule is CCOC(=O)CC=Cc1cc(F)c(C(=O)O)c(F)c1. The number of benzene rings is 1. The molecule has 0 radical (unpaired) electrons. The number of hydrogen-bond donors (Lipinski definition) is 1. The van der Waals surface area contributed by atoms with Crippen molar-refractivity contribution in [3.63, 3.8) is 0 Å². The average molecular weight is 270 g/mol. The molecule has 4 nitrogen and oxygen atoms in total. The molecule has 102 valence electrons. The lowest BCUT2D eigenvalue weighted by molar-refractivity contribution is -0.142. The van der Waals surface area contributed by atoms with Crippen LogP contribution < -0.4 is 0 Å². The number of esters is 1. The van der Waals surface area contributed by atoms with Crippen molar-refractivity contribution < 1.29 is 28.2 Å². The first-order valence-corrected chi connectivity index (χ1v) is 5.50. The van der Waals surface area contributed by atoms with Gasteiger partial charge in [0, 0.05) is 0 Å². The fourth-order valence-corrected chi connectivity index (χ4v) is 1.40. The van der Waals surface area contributed by atoms with Gasteiger partial charge < -0.3 is 9.84 Å². The Morgan fingerprint density at radius 2 is 1.89 bits per heavy atom. The average Bonchev–Trinajstić information content (AvgIpc) is 2.27. The third kappa shape index (κ3) is 4.17. The van der Waals surface area contributed by atoms with Crippen LogP contribution in [0.25, 0.3) is 6.08 Å². The minimum Gasteiger partial charge on any atom is -0.477 e. The first kappa shape index (κ1) is 14.8. The molecular formula is C13H12F2O4. The molecule has 0 saturated carbocycles. The number of carboxylic acids is 1. The van der Waals surface area contributed by atoms with E-state index in [2.05, 4.69) is 4.74 Å². The molecule has 0 spiro atoms. The third-order valence-electron chi connectivity index (χ3n) is 2.18. The molecule has 1 N–H and O–H groups in total. The molecule has 1 aromatic carbocycles. The molecule has 1 rings (SSSR count). The van der Waals surface area contributed by atoms with Gasteiger partial charge >= 0.3 is 11.9 Å². The molecule has 6 heteroatoms. The van der Waals surface area contributed by atoms with Gasteiger partial charge in [-0.3, -0.25) is 4.79 Å². The highest BCUT2D eigenvalue weighted by atomic mass is 19.1. The number of ether oxygens (including phenoxy) is 1. The topological polar surface area (TPSA) is 63.6 Å². The van der Waals surface area contributed by atoms with E-state index in [-0.39, 0.29) is 18.6 Å². The zero-order valence-corrected chi connectivity index (χ0v) is 10.2. The van der Waals surface area contributed by atoms with E-state index in [4.69, 9.17) is 5.11 Å². The lowest BCUT2D eigenvalue weighted by Gasteiger charge is -2.01. The minimum absolute atomic E-state index is 0.0300. The fourth-order valence-electron chi connectivity index (χ4n) is 1.40. The molecule has 0 aliphatic carbocycles. The van der Waals surface area contributed by atoms with E-state index in [0.717, 1.165) is 12.1 Å². The largest absolute Gasteiger partial charge is 0.477 e. The summed E-state index contributed by atoms with van der Waals surface area (Å²) in [5, 5.41) is 8.59. The Kier molecular flexibility index (Phi) is 5.17. The highest BCUT2D eigenvalue weighted by Crippen LogP contribution is 2.16. The molecule has 19 heavy (non-hydrogen) atoms. The number of carbonyl (C=O) groups is 2. The Balaban J connectivity index is 2.84. The number of carboxylic acid groups (broad SMARTS) is 1. The van der Waals surface area contributed by atoms with Crippen molar-refractivity contribution in [2.45, 2.75) is 13.3 Å². The van der Waals surface area contributed by atoms with Crippen LogP contribution in [-0.2, 0) is 9.53 Å². The molecule has 1 aromatic rings. The molecule has 0 aliphatic heterocycles. The van der Waals surface area contributed by atoms with E-state index in [1.165, 1.54) is 12.2 Å². The Hall–Kier alpha value is -2.24. The lowest BCUT2D eigenvalue weighted by atomic mass is 10.1. The highest BCUT2D eigenvalue weighted by molar-refractivity contribution is 5.88. The standard InChI is InChI=1S/C13H12F2O4/c1-2-19-11(16)5-3-4-8-6-9(14)12(13(17)18)10(15)7-8/h3-4,6-7H,2,5H2,1H3,(H,17,18). The van der Waals surface area contributed by atoms with Crippen LogP contribution in [0, 0.1) is 11.6 Å². The van der Waals surface area contributed by atoms with Gasteiger partial charge in [0.15, 0.2) is 0 Å². The molecule has 0 heterocycles. The minimum atomic E-state index is -1.67. The van der Waals surface area contributed by atoms with E-state index >= 15 is 0 Å². The summed E-state index contributed by atoms with van der Waals surface area (Å²) in [5.41, 5.74) is -0.869. The Morgan fingerprint density at radius 3 is 2.37 bits per heavy atom. The molecule has 0 bridgehead atoms. The van der Waals surface area contributed by atoms with Crippen molar-refractivity contribution in [3.05, 3.63) is 41.0 Å². The summed E-state index contributed by atoms with van der Waals surface area (Å²) in [5.74, 6) is -4.45. The van der Waals surface area contributed by atoms with Crippen molar-refractivity contribution >= 4 is 18.0 Å². The van der Waals surface area contributed by atoms with Gasteiger partial charge in [-0.05, 0) is 24.6 Å². The zero-order chi connectivity index (χ0) is 14.4. The Morgan fingerprint density at radius 1 is 1.32 bits per heavy atom. The fraction of sp³-hybridized carbons (Fsp3) is 0.231. The molecule has 0 aliphatic rings. The number of carbonyl (C=O) groups excluding carboxylic acids is 1. The van der Waals surface area contributed by atoms with E-state index in [1.54, 1.807) is 6.92 Å². The second-order valence-electron chi connectivity index (χ2n) is 3.58. The number of hydrogen-bond acceptors (Lipinski definition) is 3. The van der Waals surface area contributed by atoms with Crippen molar-refractivity contribution in [3.8, 4) is 0 Å². The number of rotatable bonds is 5. The summed E-state index contributed by atoms with van der Waals surface area (Å²) >= 11 is 0. The zero-order valence-electron chi connectivity index (χ0n) is 10.2. The molecule has 0 unspecified atom stereocenters. The van der Waals surface area contributed by atoms with Crippen LogP contribution in [0.1, 0.15) is 29.3 Å². The van der Waals surface area contributed by atoms with Gasteiger partial charge in [-0.15, -0.1) is 0 Å². The van der Waals surface area contributed by atoms with Crippen LogP contribution in [0.15, 0.2) is 18.2 Å². The molecule has 0 aromatic heterocycles. The van der Waals surface area contributed by atoms with Crippen LogP contribution in [0.4, 0.5) is 8.78 Å². The number of aromatic carboxylic acids is 1. The second kappa shape index (κ2) is 6.63. The predicted molar refractivity (Wildman–Crippen MR) is 63.6 cm³/mol. The van der Waals surface area contributed by atoms with Gasteiger partial charge in [0.2, 0.25) is 0 Å². The molecule has 0 atom stereocenters. The van der Waals surface area contributed by atoms with Crippen LogP contribution in [0.2, 0.25) is 0 Å². The van der Waals surface area contributed by atoms with Gasteiger partial charge in [0.25, 0.3) is 0 Å². The van der Waals surface area contributed by atoms with Gasteiger partial charge in [0.1, 0.15) is 17.2 Å². The van der Waals surface area contributed by atoms with Crippen LogP contribution in [0.3, 0.4) is 0 Å². The van der Waals surface area contributed by atoms with Crippen molar-refractivity contribution in [2.24, 2.45) is 0 Å². The molecule has 0 fully saturated rings. The first-order valence-electron chi connectivity index (χ1n) is 5.50. The maximum Gasteiger partial charge on any atom is 0.341 e. The lowest BCUT2D eigenvalue weighted by Crippen LogP contribution is -2.05. The number of halogens is 2. The maximum atomic E-state index is 13.3. The second-order valence-corrected chi connectivity index (χ2v) is 3.58. The van der Waals surface area contributed by atoms with E-state index in [1.807, 2.05) is 0 Å². The quantitative estimate of drug-likeness (QED) is 0.835. The summed E-state index contributed by atoms with van der Waals surface area (Å²) in [7, 11) is 0.